The number of amides is 1. The molecule has 2 heterocycles. The maximum absolute atomic E-state index is 12.1. The molecule has 0 aromatic carbocycles. The Bertz CT molecular complexity index is 538. The minimum Gasteiger partial charge on any atom is -0.347 e. The number of rotatable bonds is 4. The maximum Gasteiger partial charge on any atom is 0.253 e. The van der Waals surface area contributed by atoms with Gasteiger partial charge in [0.2, 0.25) is 0 Å². The fourth-order valence-corrected chi connectivity index (χ4v) is 4.36. The van der Waals surface area contributed by atoms with E-state index in [1.807, 2.05) is 6.92 Å². The number of carbonyl (C=O) groups is 1. The SMILES string of the molecule is CCC(NC(=O)c1cc(Br)sc1Br)c1ncc[nH]1. The zero-order valence-corrected chi connectivity index (χ0v) is 13.5. The Morgan fingerprint density at radius 2 is 2.39 bits per heavy atom. The van der Waals surface area contributed by atoms with Gasteiger partial charge in [0, 0.05) is 12.4 Å². The van der Waals surface area contributed by atoms with Gasteiger partial charge in [0.25, 0.3) is 5.91 Å². The number of aromatic nitrogens is 2. The second-order valence-corrected chi connectivity index (χ2v) is 7.40. The fourth-order valence-electron chi connectivity index (χ4n) is 1.56. The van der Waals surface area contributed by atoms with Crippen LogP contribution in [-0.4, -0.2) is 15.9 Å². The molecule has 7 heteroatoms. The van der Waals surface area contributed by atoms with E-state index in [1.165, 1.54) is 11.3 Å². The molecule has 0 radical (unpaired) electrons. The molecular weight excluding hydrogens is 382 g/mol. The maximum atomic E-state index is 12.1. The third kappa shape index (κ3) is 3.02. The summed E-state index contributed by atoms with van der Waals surface area (Å²) in [7, 11) is 0. The van der Waals surface area contributed by atoms with Crippen LogP contribution in [0.2, 0.25) is 0 Å². The Kier molecular flexibility index (Phi) is 4.58. The molecule has 0 fully saturated rings. The predicted molar refractivity (Wildman–Crippen MR) is 78.8 cm³/mol. The van der Waals surface area contributed by atoms with Crippen molar-refractivity contribution in [3.63, 3.8) is 0 Å². The summed E-state index contributed by atoms with van der Waals surface area (Å²) in [6.07, 6.45) is 4.21. The Morgan fingerprint density at radius 3 is 2.89 bits per heavy atom. The lowest BCUT2D eigenvalue weighted by Crippen LogP contribution is -2.28. The first-order valence-electron chi connectivity index (χ1n) is 5.36. The van der Waals surface area contributed by atoms with Gasteiger partial charge in [-0.25, -0.2) is 4.98 Å². The number of H-pyrrole nitrogens is 1. The highest BCUT2D eigenvalue weighted by atomic mass is 79.9. The Hall–Kier alpha value is -0.660. The van der Waals surface area contributed by atoms with Crippen LogP contribution in [0, 0.1) is 0 Å². The van der Waals surface area contributed by atoms with Crippen LogP contribution in [0.5, 0.6) is 0 Å². The first-order chi connectivity index (χ1) is 8.61. The second-order valence-electron chi connectivity index (χ2n) is 3.65. The number of carbonyl (C=O) groups excluding carboxylic acids is 1. The molecule has 0 aliphatic rings. The Morgan fingerprint density at radius 1 is 1.61 bits per heavy atom. The largest absolute Gasteiger partial charge is 0.347 e. The van der Waals surface area contributed by atoms with Gasteiger partial charge in [0.05, 0.1) is 19.2 Å². The quantitative estimate of drug-likeness (QED) is 0.829. The van der Waals surface area contributed by atoms with Crippen LogP contribution in [0.4, 0.5) is 0 Å². The molecule has 0 saturated carbocycles. The number of imidazole rings is 1. The second kappa shape index (κ2) is 5.99. The number of nitrogens with one attached hydrogen (secondary N) is 2. The van der Waals surface area contributed by atoms with Gasteiger partial charge >= 0.3 is 0 Å². The zero-order valence-electron chi connectivity index (χ0n) is 9.54. The van der Waals surface area contributed by atoms with Crippen LogP contribution in [0.15, 0.2) is 26.0 Å². The summed E-state index contributed by atoms with van der Waals surface area (Å²) in [5.74, 6) is 0.670. The molecule has 0 aliphatic heterocycles. The summed E-state index contributed by atoms with van der Waals surface area (Å²) < 4.78 is 1.74. The molecule has 2 aromatic heterocycles. The van der Waals surface area contributed by atoms with E-state index in [0.29, 0.717) is 5.56 Å². The van der Waals surface area contributed by atoms with E-state index in [2.05, 4.69) is 47.1 Å². The molecule has 96 valence electrons. The van der Waals surface area contributed by atoms with Crippen molar-refractivity contribution in [2.45, 2.75) is 19.4 Å². The predicted octanol–water partition coefficient (Wildman–Crippen LogP) is 3.88. The van der Waals surface area contributed by atoms with Crippen molar-refractivity contribution in [2.24, 2.45) is 0 Å². The van der Waals surface area contributed by atoms with E-state index in [4.69, 9.17) is 0 Å². The summed E-state index contributed by atoms with van der Waals surface area (Å²) in [5, 5.41) is 2.96. The highest BCUT2D eigenvalue weighted by molar-refractivity contribution is 9.12. The molecule has 0 aliphatic carbocycles. The molecule has 0 spiro atoms. The van der Waals surface area contributed by atoms with E-state index in [1.54, 1.807) is 18.5 Å². The van der Waals surface area contributed by atoms with Gasteiger partial charge in [-0.3, -0.25) is 4.79 Å². The minimum atomic E-state index is -0.105. The highest BCUT2D eigenvalue weighted by Crippen LogP contribution is 2.32. The van der Waals surface area contributed by atoms with Crippen molar-refractivity contribution >= 4 is 49.1 Å². The van der Waals surface area contributed by atoms with Crippen molar-refractivity contribution in [3.05, 3.63) is 37.4 Å². The van der Waals surface area contributed by atoms with E-state index < -0.39 is 0 Å². The first kappa shape index (κ1) is 13.8. The van der Waals surface area contributed by atoms with Gasteiger partial charge < -0.3 is 10.3 Å². The minimum absolute atomic E-state index is 0.0990. The summed E-state index contributed by atoms with van der Waals surface area (Å²) in [4.78, 5) is 19.3. The van der Waals surface area contributed by atoms with Crippen LogP contribution >= 0.6 is 43.2 Å². The highest BCUT2D eigenvalue weighted by Gasteiger charge is 2.19. The summed E-state index contributed by atoms with van der Waals surface area (Å²) in [5.41, 5.74) is 0.636. The molecule has 4 nitrogen and oxygen atoms in total. The molecule has 1 atom stereocenters. The van der Waals surface area contributed by atoms with Gasteiger partial charge in [-0.1, -0.05) is 6.92 Å². The van der Waals surface area contributed by atoms with Crippen molar-refractivity contribution in [2.75, 3.05) is 0 Å². The standard InChI is InChI=1S/C11H11Br2N3OS/c1-2-7(10-14-3-4-15-10)16-11(17)6-5-8(12)18-9(6)13/h3-5,7H,2H2,1H3,(H,14,15)(H,16,17). The average molecular weight is 393 g/mol. The number of thiophene rings is 1. The Labute approximate surface area is 125 Å². The van der Waals surface area contributed by atoms with Crippen LogP contribution in [0.25, 0.3) is 0 Å². The molecule has 18 heavy (non-hydrogen) atoms. The monoisotopic (exact) mass is 391 g/mol. The summed E-state index contributed by atoms with van der Waals surface area (Å²) in [6.45, 7) is 2.01. The third-order valence-corrected chi connectivity index (χ3v) is 4.80. The fraction of sp³-hybridized carbons (Fsp3) is 0.273. The lowest BCUT2D eigenvalue weighted by molar-refractivity contribution is 0.0933. The Balaban J connectivity index is 2.13. The topological polar surface area (TPSA) is 57.8 Å². The van der Waals surface area contributed by atoms with Gasteiger partial charge in [-0.2, -0.15) is 0 Å². The van der Waals surface area contributed by atoms with Crippen LogP contribution < -0.4 is 5.32 Å². The third-order valence-electron chi connectivity index (χ3n) is 2.46. The van der Waals surface area contributed by atoms with Crippen molar-refractivity contribution < 1.29 is 4.79 Å². The van der Waals surface area contributed by atoms with Crippen molar-refractivity contribution in [1.82, 2.24) is 15.3 Å². The van der Waals surface area contributed by atoms with Gasteiger partial charge in [0.15, 0.2) is 0 Å². The number of halogens is 2. The number of nitrogens with zero attached hydrogens (tertiary/aromatic N) is 1. The van der Waals surface area contributed by atoms with Crippen molar-refractivity contribution in [1.29, 1.82) is 0 Å². The van der Waals surface area contributed by atoms with E-state index >= 15 is 0 Å². The van der Waals surface area contributed by atoms with Gasteiger partial charge in [0.1, 0.15) is 5.82 Å². The smallest absolute Gasteiger partial charge is 0.253 e. The summed E-state index contributed by atoms with van der Waals surface area (Å²) >= 11 is 8.22. The molecule has 0 bridgehead atoms. The molecule has 2 aromatic rings. The molecular formula is C11H11Br2N3OS. The molecule has 1 unspecified atom stereocenters. The lowest BCUT2D eigenvalue weighted by atomic mass is 10.2. The molecule has 1 amide bonds. The molecule has 0 saturated heterocycles. The number of hydrogen-bond acceptors (Lipinski definition) is 3. The van der Waals surface area contributed by atoms with E-state index in [-0.39, 0.29) is 11.9 Å². The van der Waals surface area contributed by atoms with Crippen LogP contribution in [0.3, 0.4) is 0 Å². The van der Waals surface area contributed by atoms with Gasteiger partial charge in [-0.15, -0.1) is 11.3 Å². The van der Waals surface area contributed by atoms with Gasteiger partial charge in [-0.05, 0) is 44.3 Å². The lowest BCUT2D eigenvalue weighted by Gasteiger charge is -2.14. The number of aromatic amines is 1. The first-order valence-corrected chi connectivity index (χ1v) is 7.77. The van der Waals surface area contributed by atoms with Crippen LogP contribution in [-0.2, 0) is 0 Å². The van der Waals surface area contributed by atoms with Crippen molar-refractivity contribution in [3.8, 4) is 0 Å². The normalized spacial score (nSPS) is 12.4. The van der Waals surface area contributed by atoms with Crippen LogP contribution in [0.1, 0.15) is 35.6 Å². The number of hydrogen-bond donors (Lipinski definition) is 2. The van der Waals surface area contributed by atoms with E-state index in [9.17, 15) is 4.79 Å². The summed E-state index contributed by atoms with van der Waals surface area (Å²) in [6, 6.07) is 1.71. The average Bonchev–Trinajstić information content (AvgIpc) is 2.95. The molecule has 2 rings (SSSR count). The van der Waals surface area contributed by atoms with E-state index in [0.717, 1.165) is 19.8 Å². The molecule has 2 N–H and O–H groups in total. The zero-order chi connectivity index (χ0) is 13.1.